The average Bonchev–Trinajstić information content (AvgIpc) is 2.38. The lowest BCUT2D eigenvalue weighted by atomic mass is 9.68. The monoisotopic (exact) mass is 261 g/mol. The Labute approximate surface area is 113 Å². The number of nitrogens with one attached hydrogen (secondary N) is 1. The molecule has 1 unspecified atom stereocenters. The van der Waals surface area contributed by atoms with E-state index in [1.54, 1.807) is 0 Å². The summed E-state index contributed by atoms with van der Waals surface area (Å²) in [6.07, 6.45) is 2.04. The SMILES string of the molecule is COC(=O)C1(C(=O)NC(C)c2ccccc2)CCC1. The van der Waals surface area contributed by atoms with Crippen molar-refractivity contribution in [2.45, 2.75) is 32.2 Å². The molecule has 2 rings (SSSR count). The summed E-state index contributed by atoms with van der Waals surface area (Å²) < 4.78 is 4.77. The van der Waals surface area contributed by atoms with Crippen LogP contribution in [0.2, 0.25) is 0 Å². The number of rotatable bonds is 4. The smallest absolute Gasteiger partial charge is 0.321 e. The van der Waals surface area contributed by atoms with Crippen molar-refractivity contribution in [1.82, 2.24) is 5.32 Å². The number of amides is 1. The Bertz CT molecular complexity index is 466. The van der Waals surface area contributed by atoms with E-state index < -0.39 is 11.4 Å². The largest absolute Gasteiger partial charge is 0.468 e. The van der Waals surface area contributed by atoms with E-state index >= 15 is 0 Å². The van der Waals surface area contributed by atoms with Crippen LogP contribution in [0.4, 0.5) is 0 Å². The molecule has 1 amide bonds. The van der Waals surface area contributed by atoms with Crippen molar-refractivity contribution >= 4 is 11.9 Å². The summed E-state index contributed by atoms with van der Waals surface area (Å²) in [6, 6.07) is 9.58. The van der Waals surface area contributed by atoms with Crippen molar-refractivity contribution in [2.75, 3.05) is 7.11 Å². The van der Waals surface area contributed by atoms with Crippen LogP contribution in [0.25, 0.3) is 0 Å². The van der Waals surface area contributed by atoms with Gasteiger partial charge in [-0.3, -0.25) is 9.59 Å². The summed E-state index contributed by atoms with van der Waals surface area (Å²) in [7, 11) is 1.33. The summed E-state index contributed by atoms with van der Waals surface area (Å²) >= 11 is 0. The number of benzene rings is 1. The van der Waals surface area contributed by atoms with Crippen LogP contribution < -0.4 is 5.32 Å². The molecule has 19 heavy (non-hydrogen) atoms. The van der Waals surface area contributed by atoms with Gasteiger partial charge in [0, 0.05) is 0 Å². The Morgan fingerprint density at radius 2 is 1.89 bits per heavy atom. The van der Waals surface area contributed by atoms with Crippen molar-refractivity contribution in [1.29, 1.82) is 0 Å². The molecule has 1 aliphatic carbocycles. The molecule has 1 saturated carbocycles. The Morgan fingerprint density at radius 1 is 1.26 bits per heavy atom. The molecule has 4 heteroatoms. The maximum absolute atomic E-state index is 12.3. The maximum Gasteiger partial charge on any atom is 0.321 e. The fourth-order valence-electron chi connectivity index (χ4n) is 2.41. The number of hydrogen-bond acceptors (Lipinski definition) is 3. The minimum atomic E-state index is -0.961. The number of carbonyl (C=O) groups excluding carboxylic acids is 2. The molecule has 0 bridgehead atoms. The summed E-state index contributed by atoms with van der Waals surface area (Å²) in [5.41, 5.74) is 0.0628. The van der Waals surface area contributed by atoms with Gasteiger partial charge in [-0.25, -0.2) is 0 Å². The highest BCUT2D eigenvalue weighted by Gasteiger charge is 2.52. The zero-order chi connectivity index (χ0) is 13.9. The van der Waals surface area contributed by atoms with Crippen LogP contribution in [0, 0.1) is 5.41 Å². The highest BCUT2D eigenvalue weighted by atomic mass is 16.5. The lowest BCUT2D eigenvalue weighted by Crippen LogP contribution is -2.52. The molecule has 0 aliphatic heterocycles. The molecule has 0 saturated heterocycles. The van der Waals surface area contributed by atoms with Gasteiger partial charge >= 0.3 is 5.97 Å². The van der Waals surface area contributed by atoms with E-state index in [1.165, 1.54) is 7.11 Å². The van der Waals surface area contributed by atoms with Crippen LogP contribution >= 0.6 is 0 Å². The van der Waals surface area contributed by atoms with Crippen LogP contribution in [-0.2, 0) is 14.3 Å². The van der Waals surface area contributed by atoms with Gasteiger partial charge in [-0.05, 0) is 25.3 Å². The van der Waals surface area contributed by atoms with E-state index in [0.717, 1.165) is 12.0 Å². The van der Waals surface area contributed by atoms with E-state index in [1.807, 2.05) is 37.3 Å². The molecule has 1 fully saturated rings. The third-order valence-corrected chi connectivity index (χ3v) is 3.87. The Hall–Kier alpha value is -1.84. The third kappa shape index (κ3) is 2.48. The van der Waals surface area contributed by atoms with E-state index in [0.29, 0.717) is 12.8 Å². The summed E-state index contributed by atoms with van der Waals surface area (Å²) in [5.74, 6) is -0.640. The second-order valence-electron chi connectivity index (χ2n) is 5.03. The van der Waals surface area contributed by atoms with Crippen LogP contribution in [0.5, 0.6) is 0 Å². The fraction of sp³-hybridized carbons (Fsp3) is 0.467. The van der Waals surface area contributed by atoms with E-state index in [4.69, 9.17) is 4.74 Å². The van der Waals surface area contributed by atoms with Gasteiger partial charge in [-0.1, -0.05) is 36.8 Å². The van der Waals surface area contributed by atoms with E-state index in [-0.39, 0.29) is 11.9 Å². The topological polar surface area (TPSA) is 55.4 Å². The van der Waals surface area contributed by atoms with Crippen LogP contribution in [-0.4, -0.2) is 19.0 Å². The number of ether oxygens (including phenoxy) is 1. The summed E-state index contributed by atoms with van der Waals surface area (Å²) in [5, 5.41) is 2.91. The lowest BCUT2D eigenvalue weighted by Gasteiger charge is -2.37. The molecule has 0 spiro atoms. The summed E-state index contributed by atoms with van der Waals surface area (Å²) in [4.78, 5) is 24.1. The third-order valence-electron chi connectivity index (χ3n) is 3.87. The van der Waals surface area contributed by atoms with E-state index in [9.17, 15) is 9.59 Å². The minimum absolute atomic E-state index is 0.115. The van der Waals surface area contributed by atoms with Crippen molar-refractivity contribution < 1.29 is 14.3 Å². The molecule has 102 valence electrons. The van der Waals surface area contributed by atoms with Crippen LogP contribution in [0.15, 0.2) is 30.3 Å². The lowest BCUT2D eigenvalue weighted by molar-refractivity contribution is -0.165. The molecule has 0 aromatic heterocycles. The Balaban J connectivity index is 2.06. The molecule has 0 radical (unpaired) electrons. The number of methoxy groups -OCH3 is 1. The number of esters is 1. The normalized spacial score (nSPS) is 18.0. The first-order valence-electron chi connectivity index (χ1n) is 6.54. The highest BCUT2D eigenvalue weighted by molar-refractivity contribution is 6.03. The van der Waals surface area contributed by atoms with Crippen LogP contribution in [0.1, 0.15) is 37.8 Å². The highest BCUT2D eigenvalue weighted by Crippen LogP contribution is 2.42. The second-order valence-corrected chi connectivity index (χ2v) is 5.03. The molecular formula is C15H19NO3. The molecule has 1 aliphatic rings. The van der Waals surface area contributed by atoms with E-state index in [2.05, 4.69) is 5.32 Å². The molecule has 0 heterocycles. The predicted molar refractivity (Wildman–Crippen MR) is 71.3 cm³/mol. The van der Waals surface area contributed by atoms with Crippen molar-refractivity contribution in [2.24, 2.45) is 5.41 Å². The van der Waals surface area contributed by atoms with Gasteiger partial charge in [0.05, 0.1) is 13.2 Å². The first-order chi connectivity index (χ1) is 9.10. The van der Waals surface area contributed by atoms with Crippen molar-refractivity contribution in [3.8, 4) is 0 Å². The fourth-order valence-corrected chi connectivity index (χ4v) is 2.41. The average molecular weight is 261 g/mol. The Morgan fingerprint density at radius 3 is 2.37 bits per heavy atom. The van der Waals surface area contributed by atoms with Gasteiger partial charge in [-0.15, -0.1) is 0 Å². The zero-order valence-corrected chi connectivity index (χ0v) is 11.3. The van der Waals surface area contributed by atoms with Crippen LogP contribution in [0.3, 0.4) is 0 Å². The van der Waals surface area contributed by atoms with Gasteiger partial charge in [0.1, 0.15) is 5.41 Å². The molecule has 4 nitrogen and oxygen atoms in total. The quantitative estimate of drug-likeness (QED) is 0.668. The molecule has 1 aromatic rings. The molecule has 1 atom stereocenters. The van der Waals surface area contributed by atoms with Gasteiger partial charge in [-0.2, -0.15) is 0 Å². The Kier molecular flexibility index (Phi) is 3.88. The summed E-state index contributed by atoms with van der Waals surface area (Å²) in [6.45, 7) is 1.91. The predicted octanol–water partition coefficient (Wildman–Crippen LogP) is 2.21. The standard InChI is InChI=1S/C15H19NO3/c1-11(12-7-4-3-5-8-12)16-13(17)15(9-6-10-15)14(18)19-2/h3-5,7-8,11H,6,9-10H2,1-2H3,(H,16,17). The number of carbonyl (C=O) groups is 2. The van der Waals surface area contributed by atoms with Gasteiger partial charge in [0.25, 0.3) is 0 Å². The minimum Gasteiger partial charge on any atom is -0.468 e. The molecule has 1 N–H and O–H groups in total. The maximum atomic E-state index is 12.3. The zero-order valence-electron chi connectivity index (χ0n) is 11.3. The first kappa shape index (κ1) is 13.6. The van der Waals surface area contributed by atoms with Gasteiger partial charge in [0.15, 0.2) is 0 Å². The van der Waals surface area contributed by atoms with Gasteiger partial charge < -0.3 is 10.1 Å². The second kappa shape index (κ2) is 5.43. The van der Waals surface area contributed by atoms with Crippen molar-refractivity contribution in [3.05, 3.63) is 35.9 Å². The number of hydrogen-bond donors (Lipinski definition) is 1. The first-order valence-corrected chi connectivity index (χ1v) is 6.54. The molecule has 1 aromatic carbocycles. The van der Waals surface area contributed by atoms with Crippen molar-refractivity contribution in [3.63, 3.8) is 0 Å². The molecular weight excluding hydrogens is 242 g/mol. The van der Waals surface area contributed by atoms with Gasteiger partial charge in [0.2, 0.25) is 5.91 Å².